The lowest BCUT2D eigenvalue weighted by Gasteiger charge is -2.37. The molecule has 0 saturated carbocycles. The molecule has 76 valence electrons. The highest BCUT2D eigenvalue weighted by molar-refractivity contribution is 5.84. The Kier molecular flexibility index (Phi) is 3.88. The largest absolute Gasteiger partial charge is 0.378 e. The van der Waals surface area contributed by atoms with Crippen LogP contribution in [0.2, 0.25) is 0 Å². The Morgan fingerprint density at radius 2 is 2.31 bits per heavy atom. The standard InChI is InChI=1S/C10H19NO2/c1-4-10(12)9-7-13-6-5-11(9)8(2)3/h8-9H,4-7H2,1-3H3. The van der Waals surface area contributed by atoms with E-state index < -0.39 is 0 Å². The third kappa shape index (κ3) is 2.51. The Morgan fingerprint density at radius 1 is 1.62 bits per heavy atom. The van der Waals surface area contributed by atoms with E-state index in [1.165, 1.54) is 0 Å². The van der Waals surface area contributed by atoms with Crippen molar-refractivity contribution in [3.8, 4) is 0 Å². The number of ketones is 1. The number of ether oxygens (including phenoxy) is 1. The number of nitrogens with zero attached hydrogens (tertiary/aromatic N) is 1. The highest BCUT2D eigenvalue weighted by atomic mass is 16.5. The van der Waals surface area contributed by atoms with Crippen molar-refractivity contribution in [1.82, 2.24) is 4.90 Å². The summed E-state index contributed by atoms with van der Waals surface area (Å²) in [6, 6.07) is 0.433. The van der Waals surface area contributed by atoms with Crippen molar-refractivity contribution in [2.24, 2.45) is 0 Å². The van der Waals surface area contributed by atoms with Gasteiger partial charge in [-0.2, -0.15) is 0 Å². The molecule has 0 spiro atoms. The zero-order valence-corrected chi connectivity index (χ0v) is 8.75. The van der Waals surface area contributed by atoms with Crippen LogP contribution in [0.3, 0.4) is 0 Å². The van der Waals surface area contributed by atoms with Crippen LogP contribution in [0.5, 0.6) is 0 Å². The van der Waals surface area contributed by atoms with Crippen LogP contribution in [-0.4, -0.2) is 42.5 Å². The highest BCUT2D eigenvalue weighted by Crippen LogP contribution is 2.12. The summed E-state index contributed by atoms with van der Waals surface area (Å²) in [5, 5.41) is 0. The second-order valence-electron chi connectivity index (χ2n) is 3.74. The SMILES string of the molecule is CCC(=O)C1COCCN1C(C)C. The summed E-state index contributed by atoms with van der Waals surface area (Å²) in [6.45, 7) is 8.38. The van der Waals surface area contributed by atoms with Gasteiger partial charge in [-0.1, -0.05) is 6.92 Å². The van der Waals surface area contributed by atoms with E-state index in [1.54, 1.807) is 0 Å². The van der Waals surface area contributed by atoms with Crippen molar-refractivity contribution >= 4 is 5.78 Å². The van der Waals surface area contributed by atoms with Crippen molar-refractivity contribution < 1.29 is 9.53 Å². The smallest absolute Gasteiger partial charge is 0.152 e. The van der Waals surface area contributed by atoms with Gasteiger partial charge in [-0.05, 0) is 13.8 Å². The number of hydrogen-bond donors (Lipinski definition) is 0. The molecule has 0 N–H and O–H groups in total. The van der Waals surface area contributed by atoms with Crippen molar-refractivity contribution in [3.63, 3.8) is 0 Å². The molecule has 1 aliphatic rings. The zero-order chi connectivity index (χ0) is 9.84. The summed E-state index contributed by atoms with van der Waals surface area (Å²) in [5.41, 5.74) is 0. The van der Waals surface area contributed by atoms with E-state index in [0.717, 1.165) is 13.2 Å². The molecule has 13 heavy (non-hydrogen) atoms. The normalized spacial score (nSPS) is 25.1. The van der Waals surface area contributed by atoms with Gasteiger partial charge in [-0.25, -0.2) is 0 Å². The predicted octanol–water partition coefficient (Wildman–Crippen LogP) is 1.07. The Balaban J connectivity index is 2.61. The molecule has 1 heterocycles. The molecule has 0 aromatic heterocycles. The quantitative estimate of drug-likeness (QED) is 0.659. The van der Waals surface area contributed by atoms with Crippen molar-refractivity contribution in [1.29, 1.82) is 0 Å². The minimum atomic E-state index is -0.00116. The van der Waals surface area contributed by atoms with Gasteiger partial charge in [0.1, 0.15) is 0 Å². The number of hydrogen-bond acceptors (Lipinski definition) is 3. The average molecular weight is 185 g/mol. The van der Waals surface area contributed by atoms with Gasteiger partial charge in [-0.3, -0.25) is 9.69 Å². The van der Waals surface area contributed by atoms with Crippen LogP contribution in [-0.2, 0) is 9.53 Å². The van der Waals surface area contributed by atoms with Gasteiger partial charge >= 0.3 is 0 Å². The Bertz CT molecular complexity index is 180. The van der Waals surface area contributed by atoms with E-state index in [0.29, 0.717) is 24.9 Å². The highest BCUT2D eigenvalue weighted by Gasteiger charge is 2.29. The van der Waals surface area contributed by atoms with E-state index in [4.69, 9.17) is 4.74 Å². The monoisotopic (exact) mass is 185 g/mol. The first-order valence-electron chi connectivity index (χ1n) is 5.03. The zero-order valence-electron chi connectivity index (χ0n) is 8.75. The molecule has 0 aromatic carbocycles. The summed E-state index contributed by atoms with van der Waals surface area (Å²) in [7, 11) is 0. The first-order chi connectivity index (χ1) is 6.16. The molecule has 0 amide bonds. The second-order valence-corrected chi connectivity index (χ2v) is 3.74. The fraction of sp³-hybridized carbons (Fsp3) is 0.900. The maximum absolute atomic E-state index is 11.6. The van der Waals surface area contributed by atoms with Crippen molar-refractivity contribution in [3.05, 3.63) is 0 Å². The molecule has 3 heteroatoms. The second kappa shape index (κ2) is 4.72. The van der Waals surface area contributed by atoms with Gasteiger partial charge in [0, 0.05) is 19.0 Å². The van der Waals surface area contributed by atoms with Crippen LogP contribution in [0.4, 0.5) is 0 Å². The lowest BCUT2D eigenvalue weighted by atomic mass is 10.1. The van der Waals surface area contributed by atoms with Crippen molar-refractivity contribution in [2.45, 2.75) is 39.3 Å². The van der Waals surface area contributed by atoms with E-state index in [-0.39, 0.29) is 6.04 Å². The molecule has 1 fully saturated rings. The van der Waals surface area contributed by atoms with Gasteiger partial charge in [0.05, 0.1) is 19.3 Å². The fourth-order valence-corrected chi connectivity index (χ4v) is 1.75. The molecular formula is C10H19NO2. The third-order valence-corrected chi connectivity index (χ3v) is 2.55. The van der Waals surface area contributed by atoms with Crippen LogP contribution in [0.15, 0.2) is 0 Å². The molecule has 0 bridgehead atoms. The maximum atomic E-state index is 11.6. The van der Waals surface area contributed by atoms with Crippen LogP contribution in [0.1, 0.15) is 27.2 Å². The Morgan fingerprint density at radius 3 is 2.85 bits per heavy atom. The Labute approximate surface area is 80.1 Å². The predicted molar refractivity (Wildman–Crippen MR) is 51.7 cm³/mol. The molecule has 1 aliphatic heterocycles. The number of rotatable bonds is 3. The number of Topliss-reactive ketones (excluding diaryl/α,β-unsaturated/α-hetero) is 1. The summed E-state index contributed by atoms with van der Waals surface area (Å²) in [4.78, 5) is 13.8. The van der Waals surface area contributed by atoms with Crippen LogP contribution in [0, 0.1) is 0 Å². The molecule has 0 aliphatic carbocycles. The summed E-state index contributed by atoms with van der Waals surface area (Å²) < 4.78 is 5.32. The first kappa shape index (κ1) is 10.7. The van der Waals surface area contributed by atoms with E-state index in [2.05, 4.69) is 18.7 Å². The van der Waals surface area contributed by atoms with Crippen LogP contribution < -0.4 is 0 Å². The van der Waals surface area contributed by atoms with Crippen LogP contribution >= 0.6 is 0 Å². The number of morpholine rings is 1. The molecule has 0 radical (unpaired) electrons. The molecule has 1 rings (SSSR count). The number of carbonyl (C=O) groups excluding carboxylic acids is 1. The minimum Gasteiger partial charge on any atom is -0.378 e. The summed E-state index contributed by atoms with van der Waals surface area (Å²) in [5.74, 6) is 0.299. The van der Waals surface area contributed by atoms with E-state index in [9.17, 15) is 4.79 Å². The molecule has 1 saturated heterocycles. The molecule has 1 atom stereocenters. The summed E-state index contributed by atoms with van der Waals surface area (Å²) >= 11 is 0. The topological polar surface area (TPSA) is 29.5 Å². The van der Waals surface area contributed by atoms with Gasteiger partial charge in [0.2, 0.25) is 0 Å². The molecule has 3 nitrogen and oxygen atoms in total. The minimum absolute atomic E-state index is 0.00116. The van der Waals surface area contributed by atoms with E-state index >= 15 is 0 Å². The van der Waals surface area contributed by atoms with Gasteiger partial charge in [0.25, 0.3) is 0 Å². The van der Waals surface area contributed by atoms with Gasteiger partial charge in [0.15, 0.2) is 5.78 Å². The fourth-order valence-electron chi connectivity index (χ4n) is 1.75. The van der Waals surface area contributed by atoms with E-state index in [1.807, 2.05) is 6.92 Å². The first-order valence-corrected chi connectivity index (χ1v) is 5.03. The van der Waals surface area contributed by atoms with Gasteiger partial charge in [-0.15, -0.1) is 0 Å². The third-order valence-electron chi connectivity index (χ3n) is 2.55. The lowest BCUT2D eigenvalue weighted by molar-refractivity contribution is -0.131. The maximum Gasteiger partial charge on any atom is 0.152 e. The number of carbonyl (C=O) groups is 1. The lowest BCUT2D eigenvalue weighted by Crippen LogP contribution is -2.52. The van der Waals surface area contributed by atoms with Crippen LogP contribution in [0.25, 0.3) is 0 Å². The van der Waals surface area contributed by atoms with Crippen molar-refractivity contribution in [2.75, 3.05) is 19.8 Å². The average Bonchev–Trinajstić information content (AvgIpc) is 2.16. The molecule has 1 unspecified atom stereocenters. The summed E-state index contributed by atoms with van der Waals surface area (Å²) in [6.07, 6.45) is 0.608. The molecule has 0 aromatic rings. The van der Waals surface area contributed by atoms with Gasteiger partial charge < -0.3 is 4.74 Å². The molecular weight excluding hydrogens is 166 g/mol. The Hall–Kier alpha value is -0.410.